The lowest BCUT2D eigenvalue weighted by atomic mass is 9.75. The number of nitrogens with zero attached hydrogens (tertiary/aromatic N) is 3. The van der Waals surface area contributed by atoms with Gasteiger partial charge in [0.15, 0.2) is 0 Å². The van der Waals surface area contributed by atoms with Crippen LogP contribution in [-0.4, -0.2) is 63.5 Å². The number of pyridine rings is 1. The molecular weight excluding hydrogens is 304 g/mol. The summed E-state index contributed by atoms with van der Waals surface area (Å²) in [4.78, 5) is 19.4. The Kier molecular flexibility index (Phi) is 4.33. The van der Waals surface area contributed by atoms with Gasteiger partial charge in [0, 0.05) is 45.1 Å². The minimum absolute atomic E-state index is 0.00620. The van der Waals surface area contributed by atoms with E-state index >= 15 is 0 Å². The van der Waals surface area contributed by atoms with Crippen molar-refractivity contribution in [2.45, 2.75) is 37.3 Å². The lowest BCUT2D eigenvalue weighted by Crippen LogP contribution is -2.63. The second kappa shape index (κ2) is 6.13. The summed E-state index contributed by atoms with van der Waals surface area (Å²) in [6.45, 7) is 2.32. The monoisotopic (exact) mass is 325 g/mol. The van der Waals surface area contributed by atoms with Crippen molar-refractivity contribution in [3.63, 3.8) is 0 Å². The van der Waals surface area contributed by atoms with Crippen LogP contribution in [0.4, 0.5) is 8.78 Å². The highest BCUT2D eigenvalue weighted by molar-refractivity contribution is 5.85. The molecular formula is C16H21F2N3O2. The van der Waals surface area contributed by atoms with E-state index in [0.717, 1.165) is 5.56 Å². The summed E-state index contributed by atoms with van der Waals surface area (Å²) >= 11 is 0. The van der Waals surface area contributed by atoms with Crippen molar-refractivity contribution >= 4 is 5.91 Å². The maximum absolute atomic E-state index is 14.2. The van der Waals surface area contributed by atoms with Gasteiger partial charge in [0.05, 0.1) is 0 Å². The zero-order valence-corrected chi connectivity index (χ0v) is 12.9. The van der Waals surface area contributed by atoms with Crippen LogP contribution in [0.5, 0.6) is 0 Å². The standard InChI is InChI=1S/C16H21F2N3O2/c17-16(18,15(23)4-1-5-15)14(22)21-10-8-20(9-11-21)12-13-2-6-19-7-3-13/h2-3,6-7,23H,1,4-5,8-12H2. The molecule has 126 valence electrons. The van der Waals surface area contributed by atoms with Crippen molar-refractivity contribution in [2.75, 3.05) is 26.2 Å². The molecule has 1 saturated carbocycles. The molecule has 1 aliphatic carbocycles. The molecule has 0 aromatic carbocycles. The molecule has 2 fully saturated rings. The van der Waals surface area contributed by atoms with Crippen LogP contribution in [0.3, 0.4) is 0 Å². The van der Waals surface area contributed by atoms with Crippen molar-refractivity contribution in [1.82, 2.24) is 14.8 Å². The Hall–Kier alpha value is -1.60. The van der Waals surface area contributed by atoms with Crippen molar-refractivity contribution < 1.29 is 18.7 Å². The van der Waals surface area contributed by atoms with Gasteiger partial charge in [-0.1, -0.05) is 0 Å². The van der Waals surface area contributed by atoms with E-state index in [9.17, 15) is 18.7 Å². The third-order valence-electron chi connectivity index (χ3n) is 4.85. The average Bonchev–Trinajstić information content (AvgIpc) is 2.53. The Morgan fingerprint density at radius 3 is 2.35 bits per heavy atom. The SMILES string of the molecule is O=C(N1CCN(Cc2ccncc2)CC1)C(F)(F)C1(O)CCC1. The summed E-state index contributed by atoms with van der Waals surface area (Å²) in [5, 5.41) is 9.87. The van der Waals surface area contributed by atoms with Gasteiger partial charge in [-0.2, -0.15) is 8.78 Å². The zero-order valence-electron chi connectivity index (χ0n) is 12.9. The molecule has 0 radical (unpaired) electrons. The Morgan fingerprint density at radius 2 is 1.83 bits per heavy atom. The van der Waals surface area contributed by atoms with Crippen LogP contribution in [0.15, 0.2) is 24.5 Å². The van der Waals surface area contributed by atoms with E-state index in [1.165, 1.54) is 4.90 Å². The number of hydrogen-bond acceptors (Lipinski definition) is 4. The fourth-order valence-electron chi connectivity index (χ4n) is 3.08. The molecule has 1 amide bonds. The van der Waals surface area contributed by atoms with E-state index in [1.54, 1.807) is 12.4 Å². The highest BCUT2D eigenvalue weighted by Gasteiger charge is 2.62. The van der Waals surface area contributed by atoms with Gasteiger partial charge in [0.2, 0.25) is 0 Å². The molecule has 23 heavy (non-hydrogen) atoms. The second-order valence-corrected chi connectivity index (χ2v) is 6.38. The van der Waals surface area contributed by atoms with E-state index in [2.05, 4.69) is 9.88 Å². The van der Waals surface area contributed by atoms with Gasteiger partial charge in [-0.3, -0.25) is 14.7 Å². The van der Waals surface area contributed by atoms with E-state index in [4.69, 9.17) is 0 Å². The predicted molar refractivity (Wildman–Crippen MR) is 79.8 cm³/mol. The molecule has 1 aliphatic heterocycles. The normalized spacial score (nSPS) is 21.8. The van der Waals surface area contributed by atoms with Crippen LogP contribution >= 0.6 is 0 Å². The summed E-state index contributed by atoms with van der Waals surface area (Å²) in [5.41, 5.74) is -1.04. The summed E-state index contributed by atoms with van der Waals surface area (Å²) in [5.74, 6) is -4.92. The minimum Gasteiger partial charge on any atom is -0.383 e. The summed E-state index contributed by atoms with van der Waals surface area (Å²) in [7, 11) is 0. The molecule has 1 aromatic rings. The number of aromatic nitrogens is 1. The topological polar surface area (TPSA) is 56.7 Å². The highest BCUT2D eigenvalue weighted by Crippen LogP contribution is 2.45. The van der Waals surface area contributed by atoms with Crippen LogP contribution in [0.25, 0.3) is 0 Å². The van der Waals surface area contributed by atoms with Gasteiger partial charge < -0.3 is 10.0 Å². The van der Waals surface area contributed by atoms with Gasteiger partial charge in [0.1, 0.15) is 5.60 Å². The van der Waals surface area contributed by atoms with E-state index in [1.807, 2.05) is 12.1 Å². The van der Waals surface area contributed by atoms with Gasteiger partial charge in [-0.25, -0.2) is 0 Å². The maximum Gasteiger partial charge on any atom is 0.352 e. The summed E-state index contributed by atoms with van der Waals surface area (Å²) < 4.78 is 28.4. The molecule has 1 N–H and O–H groups in total. The van der Waals surface area contributed by atoms with Crippen molar-refractivity contribution in [2.24, 2.45) is 0 Å². The Balaban J connectivity index is 1.55. The smallest absolute Gasteiger partial charge is 0.352 e. The first-order chi connectivity index (χ1) is 10.9. The third kappa shape index (κ3) is 3.07. The summed E-state index contributed by atoms with van der Waals surface area (Å²) in [6, 6.07) is 3.83. The third-order valence-corrected chi connectivity index (χ3v) is 4.85. The minimum atomic E-state index is -3.68. The first-order valence-electron chi connectivity index (χ1n) is 7.93. The molecule has 0 atom stereocenters. The number of piperazine rings is 1. The largest absolute Gasteiger partial charge is 0.383 e. The fourth-order valence-corrected chi connectivity index (χ4v) is 3.08. The summed E-state index contributed by atoms with van der Waals surface area (Å²) in [6.07, 6.45) is 3.96. The number of rotatable bonds is 4. The fraction of sp³-hybridized carbons (Fsp3) is 0.625. The highest BCUT2D eigenvalue weighted by atomic mass is 19.3. The van der Waals surface area contributed by atoms with Gasteiger partial charge in [0.25, 0.3) is 5.91 Å². The molecule has 2 heterocycles. The van der Waals surface area contributed by atoms with Crippen LogP contribution in [-0.2, 0) is 11.3 Å². The van der Waals surface area contributed by atoms with Gasteiger partial charge in [-0.15, -0.1) is 0 Å². The molecule has 0 bridgehead atoms. The Morgan fingerprint density at radius 1 is 1.22 bits per heavy atom. The number of hydrogen-bond donors (Lipinski definition) is 1. The van der Waals surface area contributed by atoms with E-state index in [-0.39, 0.29) is 25.9 Å². The molecule has 1 saturated heterocycles. The number of carbonyl (C=O) groups excluding carboxylic acids is 1. The Labute approximate surface area is 133 Å². The maximum atomic E-state index is 14.2. The first-order valence-corrected chi connectivity index (χ1v) is 7.93. The van der Waals surface area contributed by atoms with Crippen LogP contribution in [0.1, 0.15) is 24.8 Å². The molecule has 0 spiro atoms. The quantitative estimate of drug-likeness (QED) is 0.906. The molecule has 1 aromatic heterocycles. The molecule has 0 unspecified atom stereocenters. The second-order valence-electron chi connectivity index (χ2n) is 6.38. The average molecular weight is 325 g/mol. The number of halogens is 2. The molecule has 5 nitrogen and oxygen atoms in total. The van der Waals surface area contributed by atoms with Crippen molar-refractivity contribution in [3.05, 3.63) is 30.1 Å². The van der Waals surface area contributed by atoms with E-state index in [0.29, 0.717) is 26.1 Å². The van der Waals surface area contributed by atoms with E-state index < -0.39 is 17.4 Å². The first kappa shape index (κ1) is 16.3. The lowest BCUT2D eigenvalue weighted by molar-refractivity contribution is -0.224. The number of carbonyl (C=O) groups is 1. The van der Waals surface area contributed by atoms with Gasteiger partial charge in [-0.05, 0) is 37.0 Å². The van der Waals surface area contributed by atoms with Crippen LogP contribution < -0.4 is 0 Å². The Bertz CT molecular complexity index is 556. The van der Waals surface area contributed by atoms with Crippen LogP contribution in [0, 0.1) is 0 Å². The lowest BCUT2D eigenvalue weighted by Gasteiger charge is -2.44. The molecule has 2 aliphatic rings. The van der Waals surface area contributed by atoms with Crippen LogP contribution in [0.2, 0.25) is 0 Å². The van der Waals surface area contributed by atoms with Gasteiger partial charge >= 0.3 is 5.92 Å². The zero-order chi connectivity index (χ0) is 16.5. The number of amides is 1. The van der Waals surface area contributed by atoms with Crippen molar-refractivity contribution in [3.8, 4) is 0 Å². The predicted octanol–water partition coefficient (Wildman–Crippen LogP) is 1.28. The number of alkyl halides is 2. The molecule has 7 heteroatoms. The number of aliphatic hydroxyl groups is 1. The van der Waals surface area contributed by atoms with Crippen molar-refractivity contribution in [1.29, 1.82) is 0 Å². The molecule has 3 rings (SSSR count).